The summed E-state index contributed by atoms with van der Waals surface area (Å²) in [4.78, 5) is 29.7. The van der Waals surface area contributed by atoms with Crippen LogP contribution in [0.4, 0.5) is 0 Å². The van der Waals surface area contributed by atoms with Gasteiger partial charge in [-0.15, -0.1) is 0 Å². The number of nitrogens with one attached hydrogen (secondary N) is 1. The molecule has 0 unspecified atom stereocenters. The van der Waals surface area contributed by atoms with E-state index in [9.17, 15) is 9.59 Å². The van der Waals surface area contributed by atoms with Crippen LogP contribution in [0.1, 0.15) is 36.8 Å². The van der Waals surface area contributed by atoms with E-state index < -0.39 is 0 Å². The standard InChI is InChI=1S/C20H23N5O2/c1-14-6-5-7-15(10-14)20(8-3-4-9-20)23-17(26)12-25-13-21-18-16(19(25)27)11-22-24(18)2/h5-7,10-11,13H,3-4,8-9,12H2,1-2H3,(H,23,26). The molecule has 1 saturated carbocycles. The molecule has 1 aliphatic carbocycles. The molecule has 7 nitrogen and oxygen atoms in total. The van der Waals surface area contributed by atoms with Crippen LogP contribution in [-0.2, 0) is 23.9 Å². The number of aromatic nitrogens is 4. The Morgan fingerprint density at radius 1 is 1.30 bits per heavy atom. The number of hydrogen-bond donors (Lipinski definition) is 1. The fourth-order valence-corrected chi connectivity index (χ4v) is 4.05. The third-order valence-electron chi connectivity index (χ3n) is 5.44. The second-order valence-electron chi connectivity index (χ2n) is 7.39. The first kappa shape index (κ1) is 17.5. The zero-order valence-corrected chi connectivity index (χ0v) is 15.6. The molecule has 2 aromatic heterocycles. The fourth-order valence-electron chi connectivity index (χ4n) is 4.05. The predicted molar refractivity (Wildman–Crippen MR) is 102 cm³/mol. The minimum absolute atomic E-state index is 0.0514. The molecule has 0 bridgehead atoms. The van der Waals surface area contributed by atoms with Crippen molar-refractivity contribution < 1.29 is 4.79 Å². The number of benzene rings is 1. The third kappa shape index (κ3) is 3.13. The van der Waals surface area contributed by atoms with Crippen LogP contribution in [0.5, 0.6) is 0 Å². The summed E-state index contributed by atoms with van der Waals surface area (Å²) in [5.41, 5.74) is 2.23. The summed E-state index contributed by atoms with van der Waals surface area (Å²) in [6, 6.07) is 8.30. The molecule has 3 aromatic rings. The van der Waals surface area contributed by atoms with Crippen LogP contribution in [0.15, 0.2) is 41.6 Å². The molecule has 1 aromatic carbocycles. The maximum Gasteiger partial charge on any atom is 0.264 e. The van der Waals surface area contributed by atoms with Gasteiger partial charge in [0.05, 0.1) is 11.7 Å². The molecule has 4 rings (SSSR count). The molecule has 27 heavy (non-hydrogen) atoms. The van der Waals surface area contributed by atoms with Crippen molar-refractivity contribution in [2.75, 3.05) is 0 Å². The Balaban J connectivity index is 1.59. The van der Waals surface area contributed by atoms with E-state index in [1.165, 1.54) is 22.7 Å². The summed E-state index contributed by atoms with van der Waals surface area (Å²) in [6.45, 7) is 2.01. The smallest absolute Gasteiger partial charge is 0.264 e. The molecule has 2 heterocycles. The number of rotatable bonds is 4. The van der Waals surface area contributed by atoms with Gasteiger partial charge in [-0.25, -0.2) is 4.98 Å². The SMILES string of the molecule is Cc1cccc(C2(NC(=O)Cn3cnc4c(cnn4C)c3=O)CCCC2)c1. The summed E-state index contributed by atoms with van der Waals surface area (Å²) in [5.74, 6) is -0.175. The largest absolute Gasteiger partial charge is 0.345 e. The molecule has 1 N–H and O–H groups in total. The lowest BCUT2D eigenvalue weighted by molar-refractivity contribution is -0.123. The third-order valence-corrected chi connectivity index (χ3v) is 5.44. The van der Waals surface area contributed by atoms with Crippen LogP contribution in [0.2, 0.25) is 0 Å². The van der Waals surface area contributed by atoms with Crippen molar-refractivity contribution in [1.82, 2.24) is 24.6 Å². The Bertz CT molecular complexity index is 1060. The predicted octanol–water partition coefficient (Wildman–Crippen LogP) is 2.02. The molecule has 0 saturated heterocycles. The number of amides is 1. The maximum absolute atomic E-state index is 12.8. The summed E-state index contributed by atoms with van der Waals surface area (Å²) in [5, 5.41) is 7.70. The number of aryl methyl sites for hydroxylation is 2. The van der Waals surface area contributed by atoms with Crippen LogP contribution in [0.25, 0.3) is 11.0 Å². The minimum Gasteiger partial charge on any atom is -0.345 e. The molecule has 0 atom stereocenters. The van der Waals surface area contributed by atoms with Gasteiger partial charge in [0.1, 0.15) is 18.3 Å². The highest BCUT2D eigenvalue weighted by Gasteiger charge is 2.37. The maximum atomic E-state index is 12.8. The second kappa shape index (κ2) is 6.64. The molecule has 140 valence electrons. The van der Waals surface area contributed by atoms with E-state index in [0.717, 1.165) is 31.2 Å². The van der Waals surface area contributed by atoms with E-state index in [2.05, 4.69) is 40.5 Å². The van der Waals surface area contributed by atoms with Crippen molar-refractivity contribution in [3.05, 3.63) is 58.3 Å². The highest BCUT2D eigenvalue weighted by Crippen LogP contribution is 2.39. The quantitative estimate of drug-likeness (QED) is 0.767. The minimum atomic E-state index is -0.349. The Labute approximate surface area is 157 Å². The lowest BCUT2D eigenvalue weighted by Gasteiger charge is -2.31. The van der Waals surface area contributed by atoms with Gasteiger partial charge >= 0.3 is 0 Å². The van der Waals surface area contributed by atoms with Crippen molar-refractivity contribution >= 4 is 16.9 Å². The van der Waals surface area contributed by atoms with Gasteiger partial charge in [-0.05, 0) is 25.3 Å². The average Bonchev–Trinajstić information content (AvgIpc) is 3.26. The van der Waals surface area contributed by atoms with Gasteiger partial charge < -0.3 is 5.32 Å². The van der Waals surface area contributed by atoms with Gasteiger partial charge in [-0.2, -0.15) is 5.10 Å². The molecular formula is C20H23N5O2. The van der Waals surface area contributed by atoms with Crippen LogP contribution in [-0.4, -0.2) is 25.2 Å². The lowest BCUT2D eigenvalue weighted by Crippen LogP contribution is -2.46. The van der Waals surface area contributed by atoms with E-state index in [1.54, 1.807) is 11.7 Å². The van der Waals surface area contributed by atoms with Gasteiger partial charge in [0, 0.05) is 7.05 Å². The Morgan fingerprint density at radius 2 is 2.07 bits per heavy atom. The Kier molecular flexibility index (Phi) is 4.30. The van der Waals surface area contributed by atoms with Crippen molar-refractivity contribution in [2.45, 2.75) is 44.7 Å². The molecule has 0 aliphatic heterocycles. The van der Waals surface area contributed by atoms with Crippen LogP contribution in [0.3, 0.4) is 0 Å². The molecule has 1 fully saturated rings. The van der Waals surface area contributed by atoms with Crippen molar-refractivity contribution in [3.8, 4) is 0 Å². The first-order valence-corrected chi connectivity index (χ1v) is 9.24. The van der Waals surface area contributed by atoms with E-state index >= 15 is 0 Å². The number of fused-ring (bicyclic) bond motifs is 1. The number of nitrogens with zero attached hydrogens (tertiary/aromatic N) is 4. The monoisotopic (exact) mass is 365 g/mol. The van der Waals surface area contributed by atoms with E-state index in [0.29, 0.717) is 11.0 Å². The highest BCUT2D eigenvalue weighted by molar-refractivity contribution is 5.78. The van der Waals surface area contributed by atoms with Crippen LogP contribution >= 0.6 is 0 Å². The normalized spacial score (nSPS) is 15.9. The van der Waals surface area contributed by atoms with Gasteiger partial charge in [-0.3, -0.25) is 18.8 Å². The molecule has 7 heteroatoms. The first-order chi connectivity index (χ1) is 13.0. The van der Waals surface area contributed by atoms with Gasteiger partial charge in [0.2, 0.25) is 5.91 Å². The van der Waals surface area contributed by atoms with Gasteiger partial charge in [-0.1, -0.05) is 42.7 Å². The number of carbonyl (C=O) groups is 1. The summed E-state index contributed by atoms with van der Waals surface area (Å²) < 4.78 is 2.89. The van der Waals surface area contributed by atoms with Crippen molar-refractivity contribution in [1.29, 1.82) is 0 Å². The average molecular weight is 365 g/mol. The lowest BCUT2D eigenvalue weighted by atomic mass is 9.87. The van der Waals surface area contributed by atoms with E-state index in [-0.39, 0.29) is 23.6 Å². The summed E-state index contributed by atoms with van der Waals surface area (Å²) in [6.07, 6.45) is 6.90. The van der Waals surface area contributed by atoms with Crippen molar-refractivity contribution in [3.63, 3.8) is 0 Å². The van der Waals surface area contributed by atoms with E-state index in [4.69, 9.17) is 0 Å². The molecular weight excluding hydrogens is 342 g/mol. The summed E-state index contributed by atoms with van der Waals surface area (Å²) >= 11 is 0. The molecule has 1 amide bonds. The molecule has 0 radical (unpaired) electrons. The fraction of sp³-hybridized carbons (Fsp3) is 0.400. The number of hydrogen-bond acceptors (Lipinski definition) is 4. The van der Waals surface area contributed by atoms with Crippen LogP contribution in [0, 0.1) is 6.92 Å². The summed E-state index contributed by atoms with van der Waals surface area (Å²) in [7, 11) is 1.73. The second-order valence-corrected chi connectivity index (χ2v) is 7.39. The van der Waals surface area contributed by atoms with Crippen molar-refractivity contribution in [2.24, 2.45) is 7.05 Å². The highest BCUT2D eigenvalue weighted by atomic mass is 16.2. The number of carbonyl (C=O) groups excluding carboxylic acids is 1. The van der Waals surface area contributed by atoms with Crippen LogP contribution < -0.4 is 10.9 Å². The topological polar surface area (TPSA) is 81.8 Å². The van der Waals surface area contributed by atoms with Gasteiger partial charge in [0.15, 0.2) is 5.65 Å². The molecule has 0 spiro atoms. The van der Waals surface area contributed by atoms with Gasteiger partial charge in [0.25, 0.3) is 5.56 Å². The molecule has 1 aliphatic rings. The zero-order chi connectivity index (χ0) is 19.0. The Hall–Kier alpha value is -2.96. The van der Waals surface area contributed by atoms with E-state index in [1.807, 2.05) is 6.07 Å². The first-order valence-electron chi connectivity index (χ1n) is 9.24. The zero-order valence-electron chi connectivity index (χ0n) is 15.6. The Morgan fingerprint density at radius 3 is 2.81 bits per heavy atom.